The Labute approximate surface area is 342 Å². The zero-order valence-corrected chi connectivity index (χ0v) is 33.2. The van der Waals surface area contributed by atoms with Crippen LogP contribution in [0.15, 0.2) is 182 Å². The molecule has 0 bridgehead atoms. The van der Waals surface area contributed by atoms with Crippen LogP contribution in [0.3, 0.4) is 0 Å². The summed E-state index contributed by atoms with van der Waals surface area (Å²) in [6.45, 7) is 4.39. The first-order valence-corrected chi connectivity index (χ1v) is 20.8. The molecule has 0 saturated heterocycles. The van der Waals surface area contributed by atoms with Gasteiger partial charge in [-0.3, -0.25) is 0 Å². The first-order valence-electron chi connectivity index (χ1n) is 20.0. The van der Waals surface area contributed by atoms with E-state index >= 15 is 0 Å². The zero-order valence-electron chi connectivity index (χ0n) is 32.4. The number of fused-ring (bicyclic) bond motifs is 7. The van der Waals surface area contributed by atoms with Gasteiger partial charge in [-0.1, -0.05) is 153 Å². The van der Waals surface area contributed by atoms with Crippen LogP contribution in [0.25, 0.3) is 98.5 Å². The fraction of sp³-hybridized carbons (Fsp3) is 0.0755. The van der Waals surface area contributed by atoms with Crippen LogP contribution in [0.4, 0.5) is 0 Å². The largest absolute Gasteiger partial charge is 0.309 e. The van der Waals surface area contributed by atoms with Crippen molar-refractivity contribution in [3.05, 3.63) is 188 Å². The molecule has 10 rings (SSSR count). The van der Waals surface area contributed by atoms with Crippen molar-refractivity contribution >= 4 is 58.9 Å². The molecule has 0 fully saturated rings. The number of hydrogen-bond acceptors (Lipinski definition) is 4. The van der Waals surface area contributed by atoms with Gasteiger partial charge in [-0.25, -0.2) is 15.0 Å². The van der Waals surface area contributed by atoms with E-state index in [1.807, 2.05) is 72.0 Å². The van der Waals surface area contributed by atoms with Gasteiger partial charge in [0.2, 0.25) is 0 Å². The fourth-order valence-corrected chi connectivity index (χ4v) is 9.37. The van der Waals surface area contributed by atoms with Crippen molar-refractivity contribution in [2.45, 2.75) is 26.7 Å². The van der Waals surface area contributed by atoms with Gasteiger partial charge in [-0.2, -0.15) is 0 Å². The second kappa shape index (κ2) is 15.2. The van der Waals surface area contributed by atoms with Crippen molar-refractivity contribution in [3.8, 4) is 51.0 Å². The summed E-state index contributed by atoms with van der Waals surface area (Å²) >= 11 is 1.88. The molecule has 0 saturated carbocycles. The average molecular weight is 765 g/mol. The highest BCUT2D eigenvalue weighted by molar-refractivity contribution is 7.26. The summed E-state index contributed by atoms with van der Waals surface area (Å²) in [5.74, 6) is 1.94. The maximum atomic E-state index is 5.02. The maximum absolute atomic E-state index is 5.02. The maximum Gasteiger partial charge on any atom is 0.164 e. The molecule has 0 unspecified atom stereocenters. The number of rotatable bonds is 9. The van der Waals surface area contributed by atoms with Crippen molar-refractivity contribution in [3.63, 3.8) is 0 Å². The van der Waals surface area contributed by atoms with Crippen LogP contribution in [0.5, 0.6) is 0 Å². The molecule has 0 radical (unpaired) electrons. The summed E-state index contributed by atoms with van der Waals surface area (Å²) in [6.07, 6.45) is 8.82. The molecule has 0 amide bonds. The molecule has 0 aliphatic rings. The second-order valence-corrected chi connectivity index (χ2v) is 15.6. The van der Waals surface area contributed by atoms with Gasteiger partial charge in [0.1, 0.15) is 0 Å². The molecule has 5 heteroatoms. The third-order valence-electron chi connectivity index (χ3n) is 10.8. The van der Waals surface area contributed by atoms with E-state index in [4.69, 9.17) is 15.0 Å². The fourth-order valence-electron chi connectivity index (χ4n) is 8.13. The summed E-state index contributed by atoms with van der Waals surface area (Å²) in [5.41, 5.74) is 11.3. The van der Waals surface area contributed by atoms with E-state index in [0.717, 1.165) is 35.2 Å². The molecule has 58 heavy (non-hydrogen) atoms. The first kappa shape index (κ1) is 35.5. The molecule has 10 aromatic rings. The lowest BCUT2D eigenvalue weighted by Crippen LogP contribution is -2.00. The monoisotopic (exact) mass is 764 g/mol. The standard InChI is InChI=1S/C53H40N4S/c1-3-5-17-35(16-4-2)40-28-32-46-45(34-40)43-31-33-47-48(44-25-15-24-42(50(44)58-47)36-18-9-6-10-19-36)49(43)57(46)41-29-26-39(27-30-41)53-55-51(37-20-11-7-12-21-37)54-52(56-53)38-22-13-8-14-23-38/h5-34H,3-4H2,1-2H3/b17-5-,35-16+. The van der Waals surface area contributed by atoms with Crippen LogP contribution in [-0.2, 0) is 0 Å². The Bertz CT molecular complexity index is 3100. The number of benzene rings is 7. The van der Waals surface area contributed by atoms with Crippen LogP contribution in [-0.4, -0.2) is 19.5 Å². The molecule has 7 aromatic carbocycles. The van der Waals surface area contributed by atoms with Gasteiger partial charge in [0.15, 0.2) is 17.5 Å². The summed E-state index contributed by atoms with van der Waals surface area (Å²) in [4.78, 5) is 14.9. The third kappa shape index (κ3) is 6.30. The van der Waals surface area contributed by atoms with Gasteiger partial charge < -0.3 is 4.57 Å². The van der Waals surface area contributed by atoms with Crippen LogP contribution in [0.2, 0.25) is 0 Å². The van der Waals surface area contributed by atoms with Crippen molar-refractivity contribution in [1.82, 2.24) is 19.5 Å². The molecule has 3 heterocycles. The molecule has 0 aliphatic carbocycles. The number of hydrogen-bond donors (Lipinski definition) is 0. The smallest absolute Gasteiger partial charge is 0.164 e. The predicted octanol–water partition coefficient (Wildman–Crippen LogP) is 14.8. The molecule has 0 spiro atoms. The van der Waals surface area contributed by atoms with E-state index in [1.165, 1.54) is 64.2 Å². The van der Waals surface area contributed by atoms with E-state index in [2.05, 4.69) is 140 Å². The molecular weight excluding hydrogens is 725 g/mol. The Morgan fingerprint density at radius 2 is 1.17 bits per heavy atom. The van der Waals surface area contributed by atoms with Crippen molar-refractivity contribution in [2.75, 3.05) is 0 Å². The quantitative estimate of drug-likeness (QED) is 0.138. The third-order valence-corrected chi connectivity index (χ3v) is 12.0. The van der Waals surface area contributed by atoms with Crippen LogP contribution in [0.1, 0.15) is 32.3 Å². The Kier molecular flexibility index (Phi) is 9.28. The first-order chi connectivity index (χ1) is 28.7. The molecule has 0 N–H and O–H groups in total. The Morgan fingerprint density at radius 3 is 1.79 bits per heavy atom. The van der Waals surface area contributed by atoms with Gasteiger partial charge in [0.05, 0.1) is 11.0 Å². The molecule has 3 aromatic heterocycles. The van der Waals surface area contributed by atoms with Gasteiger partial charge in [0.25, 0.3) is 0 Å². The minimum atomic E-state index is 0.640. The van der Waals surface area contributed by atoms with Crippen LogP contribution in [0, 0.1) is 0 Å². The van der Waals surface area contributed by atoms with E-state index < -0.39 is 0 Å². The van der Waals surface area contributed by atoms with Gasteiger partial charge in [-0.05, 0) is 77.6 Å². The van der Waals surface area contributed by atoms with E-state index in [0.29, 0.717) is 17.5 Å². The van der Waals surface area contributed by atoms with Crippen LogP contribution < -0.4 is 0 Å². The van der Waals surface area contributed by atoms with E-state index in [-0.39, 0.29) is 0 Å². The summed E-state index contributed by atoms with van der Waals surface area (Å²) in [5, 5.41) is 5.04. The minimum absolute atomic E-state index is 0.640. The topological polar surface area (TPSA) is 43.6 Å². The second-order valence-electron chi connectivity index (χ2n) is 14.5. The predicted molar refractivity (Wildman–Crippen MR) is 246 cm³/mol. The van der Waals surface area contributed by atoms with Gasteiger partial charge >= 0.3 is 0 Å². The van der Waals surface area contributed by atoms with Crippen molar-refractivity contribution in [2.24, 2.45) is 0 Å². The van der Waals surface area contributed by atoms with Crippen LogP contribution >= 0.6 is 11.3 Å². The summed E-state index contributed by atoms with van der Waals surface area (Å²) in [6, 6.07) is 58.1. The van der Waals surface area contributed by atoms with Crippen molar-refractivity contribution in [1.29, 1.82) is 0 Å². The number of allylic oxidation sites excluding steroid dienone is 4. The van der Waals surface area contributed by atoms with Gasteiger partial charge in [-0.15, -0.1) is 11.3 Å². The highest BCUT2D eigenvalue weighted by Gasteiger charge is 2.21. The van der Waals surface area contributed by atoms with Gasteiger partial charge in [0, 0.05) is 53.3 Å². The number of aromatic nitrogens is 4. The average Bonchev–Trinajstić information content (AvgIpc) is 3.84. The van der Waals surface area contributed by atoms with Crippen molar-refractivity contribution < 1.29 is 0 Å². The lowest BCUT2D eigenvalue weighted by Gasteiger charge is -2.12. The lowest BCUT2D eigenvalue weighted by molar-refractivity contribution is 1.07. The highest BCUT2D eigenvalue weighted by atomic mass is 32.1. The SMILES string of the molecule is CC/C=C\C(=C/CC)c1ccc2c(c1)c1ccc3sc4c(-c5ccccc5)cccc4c3c1n2-c1ccc(-c2nc(-c3ccccc3)nc(-c3ccccc3)n2)cc1. The zero-order chi connectivity index (χ0) is 39.0. The Hall–Kier alpha value is -6.95. The summed E-state index contributed by atoms with van der Waals surface area (Å²) < 4.78 is 5.04. The molecule has 4 nitrogen and oxygen atoms in total. The Morgan fingerprint density at radius 1 is 0.552 bits per heavy atom. The lowest BCUT2D eigenvalue weighted by atomic mass is 10.00. The normalized spacial score (nSPS) is 12.1. The molecule has 0 aliphatic heterocycles. The summed E-state index contributed by atoms with van der Waals surface area (Å²) in [7, 11) is 0. The molecule has 0 atom stereocenters. The highest BCUT2D eigenvalue weighted by Crippen LogP contribution is 2.46. The number of thiophene rings is 1. The minimum Gasteiger partial charge on any atom is -0.309 e. The van der Waals surface area contributed by atoms with E-state index in [1.54, 1.807) is 0 Å². The van der Waals surface area contributed by atoms with E-state index in [9.17, 15) is 0 Å². The Balaban J connectivity index is 1.20. The number of nitrogens with zero attached hydrogens (tertiary/aromatic N) is 4. The molecular formula is C53H40N4S. The molecule has 278 valence electrons.